The van der Waals surface area contributed by atoms with Gasteiger partial charge in [0.05, 0.1) is 5.60 Å². The van der Waals surface area contributed by atoms with E-state index in [1.165, 1.54) is 0 Å². The van der Waals surface area contributed by atoms with Crippen LogP contribution in [0, 0.1) is 0 Å². The molecule has 0 heterocycles. The van der Waals surface area contributed by atoms with E-state index >= 15 is 0 Å². The van der Waals surface area contributed by atoms with Gasteiger partial charge in [-0.15, -0.1) is 0 Å². The topological polar surface area (TPSA) is 29.5 Å². The van der Waals surface area contributed by atoms with Crippen molar-refractivity contribution in [3.8, 4) is 0 Å². The van der Waals surface area contributed by atoms with Crippen LogP contribution in [0.25, 0.3) is 0 Å². The molecule has 0 fully saturated rings. The summed E-state index contributed by atoms with van der Waals surface area (Å²) in [6.07, 6.45) is 0. The fraction of sp³-hybridized carbons (Fsp3) is 1.00. The molecule has 0 aliphatic heterocycles. The Morgan fingerprint density at radius 3 is 1.43 bits per heavy atom. The van der Waals surface area contributed by atoms with E-state index in [2.05, 4.69) is 4.89 Å². The van der Waals surface area contributed by atoms with Crippen LogP contribution in [0.1, 0.15) is 20.8 Å². The van der Waals surface area contributed by atoms with Crippen LogP contribution in [0.2, 0.25) is 0 Å². The van der Waals surface area contributed by atoms with Crippen molar-refractivity contribution in [3.05, 3.63) is 0 Å². The summed E-state index contributed by atoms with van der Waals surface area (Å²) in [4.78, 5) is 3.94. The second-order valence-electron chi connectivity index (χ2n) is 2.20. The van der Waals surface area contributed by atoms with Crippen molar-refractivity contribution in [2.24, 2.45) is 0 Å². The number of hydrogen-bond donors (Lipinski definition) is 1. The summed E-state index contributed by atoms with van der Waals surface area (Å²) in [6.45, 7) is 5.31. The Morgan fingerprint density at radius 1 is 1.29 bits per heavy atom. The van der Waals surface area contributed by atoms with Crippen molar-refractivity contribution in [3.63, 3.8) is 0 Å². The van der Waals surface area contributed by atoms with Crippen LogP contribution in [0.15, 0.2) is 0 Å². The zero-order valence-corrected chi connectivity index (χ0v) is 10.6. The molecule has 2 radical (unpaired) electrons. The predicted molar refractivity (Wildman–Crippen MR) is 32.0 cm³/mol. The van der Waals surface area contributed by atoms with E-state index in [1.807, 2.05) is 0 Å². The Hall–Kier alpha value is 0.842. The molecule has 0 aromatic heterocycles. The average Bonchev–Trinajstić information content (AvgIpc) is 1.35. The van der Waals surface area contributed by atoms with Gasteiger partial charge in [-0.2, -0.15) is 0 Å². The fourth-order valence-electron chi connectivity index (χ4n) is 0. The first-order valence-corrected chi connectivity index (χ1v) is 1.89. The summed E-state index contributed by atoms with van der Waals surface area (Å²) in [7, 11) is 0. The molecule has 0 atom stereocenters. The molecule has 3 heteroatoms. The third kappa shape index (κ3) is 10.9. The Kier molecular flexibility index (Phi) is 5.83. The summed E-state index contributed by atoms with van der Waals surface area (Å²) < 4.78 is 0. The molecule has 0 bridgehead atoms. The van der Waals surface area contributed by atoms with Crippen LogP contribution in [-0.2, 0) is 4.89 Å². The van der Waals surface area contributed by atoms with Crippen LogP contribution < -0.4 is 0 Å². The van der Waals surface area contributed by atoms with Gasteiger partial charge in [0, 0.05) is 0 Å². The summed E-state index contributed by atoms with van der Waals surface area (Å²) in [5.74, 6) is 0. The molecule has 1 N–H and O–H groups in total. The van der Waals surface area contributed by atoms with Gasteiger partial charge in [-0.1, -0.05) is 0 Å². The second-order valence-corrected chi connectivity index (χ2v) is 2.20. The first-order chi connectivity index (χ1) is 2.56. The summed E-state index contributed by atoms with van der Waals surface area (Å²) in [5.41, 5.74) is -0.403. The van der Waals surface area contributed by atoms with Gasteiger partial charge in [-0.25, -0.2) is 4.89 Å². The Balaban J connectivity index is 0. The third-order valence-electron chi connectivity index (χ3n) is 0.274. The molecule has 7 heavy (non-hydrogen) atoms. The maximum absolute atomic E-state index is 7.90. The zero-order valence-electron chi connectivity index (χ0n) is 5.06. The molecule has 0 amide bonds. The molecule has 44 valence electrons. The van der Waals surface area contributed by atoms with Gasteiger partial charge in [-0.3, -0.25) is 5.26 Å². The summed E-state index contributed by atoms with van der Waals surface area (Å²) >= 11 is 0. The van der Waals surface area contributed by atoms with E-state index in [0.717, 1.165) is 0 Å². The molecule has 0 aliphatic carbocycles. The van der Waals surface area contributed by atoms with E-state index in [1.54, 1.807) is 20.8 Å². The quantitative estimate of drug-likeness (QED) is 0.398. The molecule has 0 rings (SSSR count). The summed E-state index contributed by atoms with van der Waals surface area (Å²) in [5, 5.41) is 7.90. The normalized spacial score (nSPS) is 10.3. The van der Waals surface area contributed by atoms with E-state index in [4.69, 9.17) is 5.26 Å². The Bertz CT molecular complexity index is 39.4. The minimum atomic E-state index is -0.403. The summed E-state index contributed by atoms with van der Waals surface area (Å²) in [6, 6.07) is 0. The van der Waals surface area contributed by atoms with Crippen molar-refractivity contribution >= 4 is 27.3 Å². The van der Waals surface area contributed by atoms with Gasteiger partial charge in [0.2, 0.25) is 0 Å². The molecule has 2 nitrogen and oxygen atoms in total. The van der Waals surface area contributed by atoms with Crippen LogP contribution in [0.4, 0.5) is 0 Å². The molecule has 0 spiro atoms. The molecule has 0 aliphatic rings. The van der Waals surface area contributed by atoms with Crippen LogP contribution >= 0.6 is 0 Å². The Labute approximate surface area is 64.0 Å². The Morgan fingerprint density at radius 2 is 1.43 bits per heavy atom. The van der Waals surface area contributed by atoms with Gasteiger partial charge < -0.3 is 0 Å². The fourth-order valence-corrected chi connectivity index (χ4v) is 0. The van der Waals surface area contributed by atoms with Gasteiger partial charge in [0.25, 0.3) is 0 Å². The van der Waals surface area contributed by atoms with Crippen molar-refractivity contribution < 1.29 is 10.1 Å². The van der Waals surface area contributed by atoms with E-state index < -0.39 is 5.60 Å². The van der Waals surface area contributed by atoms with Gasteiger partial charge >= 0.3 is 27.3 Å². The van der Waals surface area contributed by atoms with Crippen molar-refractivity contribution in [2.45, 2.75) is 26.4 Å². The van der Waals surface area contributed by atoms with Crippen molar-refractivity contribution in [2.75, 3.05) is 0 Å². The molecule has 0 aromatic carbocycles. The van der Waals surface area contributed by atoms with E-state index in [0.29, 0.717) is 0 Å². The first kappa shape index (κ1) is 10.8. The van der Waals surface area contributed by atoms with Crippen LogP contribution in [-0.4, -0.2) is 38.2 Å². The molecular formula is C4H12O2Pb. The average molecular weight is 299 g/mol. The number of rotatable bonds is 0. The standard InChI is InChI=1S/C4H10O2.Pb.2H/c1-4(2,3)6-5;;;/h5H,1-3H3;;;. The number of hydrogen-bond acceptors (Lipinski definition) is 2. The molecule has 0 unspecified atom stereocenters. The first-order valence-electron chi connectivity index (χ1n) is 1.89. The van der Waals surface area contributed by atoms with Gasteiger partial charge in [0.15, 0.2) is 0 Å². The molecule has 0 aromatic rings. The third-order valence-corrected chi connectivity index (χ3v) is 0.274. The van der Waals surface area contributed by atoms with E-state index in [9.17, 15) is 0 Å². The predicted octanol–water partition coefficient (Wildman–Crippen LogP) is 0.358. The second kappa shape index (κ2) is 3.80. The molecule has 0 saturated carbocycles. The zero-order chi connectivity index (χ0) is 5.21. The SMILES string of the molecule is CC(C)(C)OO.[PbH2]. The monoisotopic (exact) mass is 300 g/mol. The molecule has 0 saturated heterocycles. The van der Waals surface area contributed by atoms with E-state index in [-0.39, 0.29) is 27.3 Å². The van der Waals surface area contributed by atoms with Crippen LogP contribution in [0.5, 0.6) is 0 Å². The maximum atomic E-state index is 7.90. The van der Waals surface area contributed by atoms with Crippen LogP contribution in [0.3, 0.4) is 0 Å². The van der Waals surface area contributed by atoms with Crippen molar-refractivity contribution in [1.82, 2.24) is 0 Å². The van der Waals surface area contributed by atoms with Gasteiger partial charge in [-0.05, 0) is 20.8 Å². The minimum absolute atomic E-state index is 0. The van der Waals surface area contributed by atoms with Crippen molar-refractivity contribution in [1.29, 1.82) is 0 Å². The molecular weight excluding hydrogens is 287 g/mol. The van der Waals surface area contributed by atoms with Gasteiger partial charge in [0.1, 0.15) is 0 Å².